The molecule has 10 heteroatoms. The summed E-state index contributed by atoms with van der Waals surface area (Å²) in [6, 6.07) is 10.8. The summed E-state index contributed by atoms with van der Waals surface area (Å²) in [5, 5.41) is 1.04. The first-order valence-corrected chi connectivity index (χ1v) is 13.5. The summed E-state index contributed by atoms with van der Waals surface area (Å²) in [5.41, 5.74) is 3.19. The monoisotopic (exact) mass is 595 g/mol. The van der Waals surface area contributed by atoms with E-state index < -0.39 is 12.0 Å². The van der Waals surface area contributed by atoms with Crippen LogP contribution in [0.1, 0.15) is 31.0 Å². The van der Waals surface area contributed by atoms with Gasteiger partial charge in [-0.2, -0.15) is 0 Å². The minimum absolute atomic E-state index is 0.195. The van der Waals surface area contributed by atoms with Gasteiger partial charge in [-0.15, -0.1) is 0 Å². The molecule has 5 rings (SSSR count). The summed E-state index contributed by atoms with van der Waals surface area (Å²) in [4.78, 5) is 32.4. The predicted molar refractivity (Wildman–Crippen MR) is 151 cm³/mol. The van der Waals surface area contributed by atoms with Crippen molar-refractivity contribution in [3.05, 3.63) is 89.2 Å². The number of hydrogen-bond donors (Lipinski definition) is 0. The van der Waals surface area contributed by atoms with E-state index in [9.17, 15) is 9.59 Å². The number of allylic oxidation sites excluding steroid dienone is 1. The van der Waals surface area contributed by atoms with Crippen LogP contribution in [0.25, 0.3) is 17.0 Å². The first-order valence-electron chi connectivity index (χ1n) is 11.9. The minimum Gasteiger partial charge on any atom is -0.493 e. The third-order valence-electron chi connectivity index (χ3n) is 6.53. The fourth-order valence-electron chi connectivity index (χ4n) is 4.79. The van der Waals surface area contributed by atoms with Gasteiger partial charge in [0.15, 0.2) is 16.3 Å². The van der Waals surface area contributed by atoms with Crippen LogP contribution in [0.5, 0.6) is 11.5 Å². The highest BCUT2D eigenvalue weighted by atomic mass is 79.9. The highest BCUT2D eigenvalue weighted by Crippen LogP contribution is 2.40. The summed E-state index contributed by atoms with van der Waals surface area (Å²) in [5.74, 6) is 0.468. The molecule has 2 aromatic heterocycles. The number of aryl methyl sites for hydroxylation is 1. The van der Waals surface area contributed by atoms with Gasteiger partial charge in [0.25, 0.3) is 5.56 Å². The van der Waals surface area contributed by atoms with E-state index in [0.29, 0.717) is 42.1 Å². The van der Waals surface area contributed by atoms with Crippen molar-refractivity contribution in [2.75, 3.05) is 20.8 Å². The molecule has 3 heterocycles. The number of methoxy groups -OCH3 is 2. The van der Waals surface area contributed by atoms with Crippen LogP contribution in [0.15, 0.2) is 68.1 Å². The fraction of sp³-hybridized carbons (Fsp3) is 0.250. The maximum Gasteiger partial charge on any atom is 0.338 e. The van der Waals surface area contributed by atoms with Crippen molar-refractivity contribution in [3.63, 3.8) is 0 Å². The van der Waals surface area contributed by atoms with Crippen LogP contribution < -0.4 is 24.4 Å². The molecule has 0 amide bonds. The molecule has 0 saturated carbocycles. The zero-order chi connectivity index (χ0) is 27.1. The molecule has 1 aliphatic rings. The van der Waals surface area contributed by atoms with E-state index in [1.54, 1.807) is 44.8 Å². The molecule has 0 saturated heterocycles. The largest absolute Gasteiger partial charge is 0.493 e. The molecule has 0 N–H and O–H groups in total. The van der Waals surface area contributed by atoms with Crippen molar-refractivity contribution in [2.45, 2.75) is 19.9 Å². The van der Waals surface area contributed by atoms with Crippen LogP contribution >= 0.6 is 27.3 Å². The molecule has 0 unspecified atom stereocenters. The average molecular weight is 597 g/mol. The second-order valence-electron chi connectivity index (χ2n) is 8.74. The second-order valence-corrected chi connectivity index (χ2v) is 10.6. The third-order valence-corrected chi connectivity index (χ3v) is 8.20. The molecule has 2 aromatic carbocycles. The molecule has 0 aliphatic carbocycles. The van der Waals surface area contributed by atoms with Gasteiger partial charge in [-0.3, -0.25) is 9.36 Å². The lowest BCUT2D eigenvalue weighted by atomic mass is 9.95. The van der Waals surface area contributed by atoms with E-state index in [4.69, 9.17) is 14.2 Å². The fourth-order valence-corrected chi connectivity index (χ4v) is 6.37. The van der Waals surface area contributed by atoms with Gasteiger partial charge in [0.1, 0.15) is 0 Å². The first-order chi connectivity index (χ1) is 18.3. The number of hydrogen-bond acceptors (Lipinski definition) is 7. The SMILES string of the molecule is CCOC(=O)C1=C(C)N=c2s/c(=C/c3cn(C)c4ccccc34)c(=O)n2[C@@H]1c1cc(OC)c(OC)cc1Br. The Balaban J connectivity index is 1.79. The lowest BCUT2D eigenvalue weighted by Gasteiger charge is -2.26. The summed E-state index contributed by atoms with van der Waals surface area (Å²) < 4.78 is 21.2. The smallest absolute Gasteiger partial charge is 0.338 e. The van der Waals surface area contributed by atoms with Crippen molar-refractivity contribution in [3.8, 4) is 11.5 Å². The highest BCUT2D eigenvalue weighted by Gasteiger charge is 2.35. The standard InChI is InChI=1S/C28H26BrN3O5S/c1-6-37-27(34)24-15(2)30-28-32(25(24)18-12-21(35-4)22(36-5)13-19(18)29)26(33)23(38-28)11-16-14-31(3)20-10-8-7-9-17(16)20/h7-14,25H,6H2,1-5H3/b23-11+/t25-/m1/s1. The number of carbonyl (C=O) groups is 1. The molecule has 0 radical (unpaired) electrons. The molecular formula is C28H26BrN3O5S. The van der Waals surface area contributed by atoms with E-state index in [1.807, 2.05) is 48.2 Å². The van der Waals surface area contributed by atoms with Crippen LogP contribution in [-0.2, 0) is 16.6 Å². The molecule has 8 nitrogen and oxygen atoms in total. The Morgan fingerprint density at radius 2 is 1.89 bits per heavy atom. The number of fused-ring (bicyclic) bond motifs is 2. The Morgan fingerprint density at radius 1 is 1.18 bits per heavy atom. The van der Waals surface area contributed by atoms with Crippen molar-refractivity contribution >= 4 is 50.2 Å². The Morgan fingerprint density at radius 3 is 2.61 bits per heavy atom. The number of aromatic nitrogens is 2. The van der Waals surface area contributed by atoms with E-state index in [-0.39, 0.29) is 12.2 Å². The number of halogens is 1. The van der Waals surface area contributed by atoms with Crippen molar-refractivity contribution < 1.29 is 19.0 Å². The summed E-state index contributed by atoms with van der Waals surface area (Å²) >= 11 is 4.91. The van der Waals surface area contributed by atoms with E-state index in [1.165, 1.54) is 11.3 Å². The Hall–Kier alpha value is -3.63. The molecule has 0 fully saturated rings. The van der Waals surface area contributed by atoms with Crippen LogP contribution in [0.4, 0.5) is 0 Å². The van der Waals surface area contributed by atoms with Crippen LogP contribution in [0, 0.1) is 0 Å². The number of nitrogens with zero attached hydrogens (tertiary/aromatic N) is 3. The van der Waals surface area contributed by atoms with Gasteiger partial charge in [0.2, 0.25) is 0 Å². The molecule has 196 valence electrons. The number of benzene rings is 2. The van der Waals surface area contributed by atoms with Crippen molar-refractivity contribution in [1.82, 2.24) is 9.13 Å². The van der Waals surface area contributed by atoms with Crippen molar-refractivity contribution in [2.24, 2.45) is 12.0 Å². The molecule has 1 aliphatic heterocycles. The number of thiazole rings is 1. The second kappa shape index (κ2) is 10.3. The third kappa shape index (κ3) is 4.27. The van der Waals surface area contributed by atoms with Gasteiger partial charge in [0.05, 0.1) is 42.7 Å². The number of rotatable bonds is 6. The van der Waals surface area contributed by atoms with Gasteiger partial charge in [-0.05, 0) is 43.7 Å². The summed E-state index contributed by atoms with van der Waals surface area (Å²) in [6.45, 7) is 3.70. The quantitative estimate of drug-likeness (QED) is 0.314. The normalized spacial score (nSPS) is 15.4. The predicted octanol–water partition coefficient (Wildman–Crippen LogP) is 4.07. The number of carbonyl (C=O) groups excluding carboxylic acids is 1. The Kier molecular flexibility index (Phi) is 7.02. The maximum absolute atomic E-state index is 14.0. The lowest BCUT2D eigenvalue weighted by Crippen LogP contribution is -2.40. The van der Waals surface area contributed by atoms with Crippen molar-refractivity contribution in [1.29, 1.82) is 0 Å². The van der Waals surface area contributed by atoms with Crippen LogP contribution in [0.3, 0.4) is 0 Å². The minimum atomic E-state index is -0.783. The zero-order valence-electron chi connectivity index (χ0n) is 21.6. The molecule has 38 heavy (non-hydrogen) atoms. The Labute approximate surface area is 231 Å². The van der Waals surface area contributed by atoms with E-state index in [0.717, 1.165) is 16.5 Å². The van der Waals surface area contributed by atoms with Gasteiger partial charge in [-0.25, -0.2) is 9.79 Å². The zero-order valence-corrected chi connectivity index (χ0v) is 24.0. The van der Waals surface area contributed by atoms with E-state index in [2.05, 4.69) is 20.9 Å². The number of esters is 1. The number of para-hydroxylation sites is 1. The molecular weight excluding hydrogens is 570 g/mol. The van der Waals surface area contributed by atoms with E-state index >= 15 is 0 Å². The van der Waals surface area contributed by atoms with Crippen LogP contribution in [0.2, 0.25) is 0 Å². The topological polar surface area (TPSA) is 84.1 Å². The molecule has 0 bridgehead atoms. The van der Waals surface area contributed by atoms with Gasteiger partial charge < -0.3 is 18.8 Å². The summed E-state index contributed by atoms with van der Waals surface area (Å²) in [6.07, 6.45) is 3.89. The highest BCUT2D eigenvalue weighted by molar-refractivity contribution is 9.10. The average Bonchev–Trinajstić information content (AvgIpc) is 3.38. The summed E-state index contributed by atoms with van der Waals surface area (Å²) in [7, 11) is 5.07. The lowest BCUT2D eigenvalue weighted by molar-refractivity contribution is -0.139. The molecule has 0 spiro atoms. The van der Waals surface area contributed by atoms with Gasteiger partial charge in [-0.1, -0.05) is 45.5 Å². The maximum atomic E-state index is 14.0. The first kappa shape index (κ1) is 26.0. The van der Waals surface area contributed by atoms with Gasteiger partial charge >= 0.3 is 5.97 Å². The molecule has 4 aromatic rings. The number of ether oxygens (including phenoxy) is 3. The van der Waals surface area contributed by atoms with Crippen LogP contribution in [-0.4, -0.2) is 35.9 Å². The Bertz CT molecular complexity index is 1800. The van der Waals surface area contributed by atoms with Gasteiger partial charge in [0, 0.05) is 34.2 Å². The molecule has 1 atom stereocenters.